The first kappa shape index (κ1) is 14.8. The van der Waals surface area contributed by atoms with Gasteiger partial charge in [-0.15, -0.1) is 0 Å². The van der Waals surface area contributed by atoms with Gasteiger partial charge >= 0.3 is 0 Å². The number of fused-ring (bicyclic) bond motifs is 1. The molecule has 4 nitrogen and oxygen atoms in total. The Morgan fingerprint density at radius 1 is 1.17 bits per heavy atom. The van der Waals surface area contributed by atoms with E-state index in [4.69, 9.17) is 4.74 Å². The van der Waals surface area contributed by atoms with E-state index in [0.717, 1.165) is 39.7 Å². The van der Waals surface area contributed by atoms with E-state index in [0.29, 0.717) is 11.4 Å². The van der Waals surface area contributed by atoms with Crippen molar-refractivity contribution >= 4 is 29.3 Å². The van der Waals surface area contributed by atoms with Gasteiger partial charge < -0.3 is 9.72 Å². The van der Waals surface area contributed by atoms with Gasteiger partial charge in [-0.3, -0.25) is 4.79 Å². The first-order valence-electron chi connectivity index (χ1n) is 7.12. The lowest BCUT2D eigenvalue weighted by molar-refractivity contribution is 0.112. The number of nitrogens with zero attached hydrogens (tertiary/aromatic N) is 1. The van der Waals surface area contributed by atoms with E-state index in [9.17, 15) is 4.79 Å². The standard InChI is InChI=1S/C19H16N2O2/c1-4-13-9-15(19(23-3)21-16(13)5-2)18-10-14-8-12(11-22)6-7-17(14)20-18/h4-11,20H,1-2H2,3H3. The normalized spacial score (nSPS) is 10.5. The molecule has 0 unspecified atom stereocenters. The maximum Gasteiger partial charge on any atom is 0.223 e. The number of methoxy groups -OCH3 is 1. The second kappa shape index (κ2) is 5.93. The molecule has 0 aliphatic carbocycles. The van der Waals surface area contributed by atoms with Crippen LogP contribution in [0.1, 0.15) is 21.6 Å². The van der Waals surface area contributed by atoms with Crippen molar-refractivity contribution in [3.63, 3.8) is 0 Å². The van der Waals surface area contributed by atoms with Gasteiger partial charge in [-0.05, 0) is 36.4 Å². The van der Waals surface area contributed by atoms with Crippen LogP contribution in [0.5, 0.6) is 5.88 Å². The van der Waals surface area contributed by atoms with Crippen molar-refractivity contribution in [2.75, 3.05) is 7.11 Å². The largest absolute Gasteiger partial charge is 0.480 e. The number of aldehydes is 1. The number of hydrogen-bond donors (Lipinski definition) is 1. The van der Waals surface area contributed by atoms with Gasteiger partial charge in [0.05, 0.1) is 24.1 Å². The van der Waals surface area contributed by atoms with Crippen molar-refractivity contribution in [1.29, 1.82) is 0 Å². The second-order valence-electron chi connectivity index (χ2n) is 5.08. The van der Waals surface area contributed by atoms with E-state index in [1.54, 1.807) is 25.3 Å². The Morgan fingerprint density at radius 2 is 2.00 bits per heavy atom. The Bertz CT molecular complexity index is 923. The molecule has 0 amide bonds. The minimum Gasteiger partial charge on any atom is -0.480 e. The SMILES string of the molecule is C=Cc1cc(-c2cc3cc(C=O)ccc3[nH]2)c(OC)nc1C=C. The lowest BCUT2D eigenvalue weighted by Gasteiger charge is -2.09. The molecule has 0 aliphatic rings. The highest BCUT2D eigenvalue weighted by molar-refractivity contribution is 5.91. The average Bonchev–Trinajstić information content (AvgIpc) is 3.03. The zero-order valence-electron chi connectivity index (χ0n) is 12.8. The summed E-state index contributed by atoms with van der Waals surface area (Å²) in [4.78, 5) is 18.7. The molecule has 0 radical (unpaired) electrons. The molecule has 0 atom stereocenters. The second-order valence-corrected chi connectivity index (χ2v) is 5.08. The van der Waals surface area contributed by atoms with E-state index >= 15 is 0 Å². The van der Waals surface area contributed by atoms with Crippen LogP contribution < -0.4 is 4.74 Å². The van der Waals surface area contributed by atoms with Crippen molar-refractivity contribution < 1.29 is 9.53 Å². The zero-order valence-corrected chi connectivity index (χ0v) is 12.8. The van der Waals surface area contributed by atoms with Crippen LogP contribution in [0.3, 0.4) is 0 Å². The predicted octanol–water partition coefficient (Wildman–Crippen LogP) is 4.34. The lowest BCUT2D eigenvalue weighted by Crippen LogP contribution is -1.96. The van der Waals surface area contributed by atoms with Crippen LogP contribution in [-0.4, -0.2) is 23.4 Å². The maximum absolute atomic E-state index is 10.9. The van der Waals surface area contributed by atoms with E-state index in [2.05, 4.69) is 23.1 Å². The number of carbonyl (C=O) groups is 1. The molecule has 3 aromatic rings. The number of pyridine rings is 1. The fraction of sp³-hybridized carbons (Fsp3) is 0.0526. The Labute approximate surface area is 134 Å². The molecule has 1 N–H and O–H groups in total. The highest BCUT2D eigenvalue weighted by atomic mass is 16.5. The predicted molar refractivity (Wildman–Crippen MR) is 93.7 cm³/mol. The highest BCUT2D eigenvalue weighted by Crippen LogP contribution is 2.33. The minimum absolute atomic E-state index is 0.507. The number of benzene rings is 1. The number of rotatable bonds is 5. The highest BCUT2D eigenvalue weighted by Gasteiger charge is 2.13. The summed E-state index contributed by atoms with van der Waals surface area (Å²) in [6.45, 7) is 7.58. The Morgan fingerprint density at radius 3 is 2.65 bits per heavy atom. The summed E-state index contributed by atoms with van der Waals surface area (Å²) in [5.41, 5.74) is 4.88. The molecule has 3 rings (SSSR count). The summed E-state index contributed by atoms with van der Waals surface area (Å²) in [6, 6.07) is 9.44. The van der Waals surface area contributed by atoms with Gasteiger partial charge in [-0.2, -0.15) is 0 Å². The number of aromatic nitrogens is 2. The van der Waals surface area contributed by atoms with E-state index in [1.807, 2.05) is 24.3 Å². The van der Waals surface area contributed by atoms with Crippen molar-refractivity contribution in [2.24, 2.45) is 0 Å². The molecule has 0 bridgehead atoms. The van der Waals surface area contributed by atoms with Crippen LogP contribution in [0.4, 0.5) is 0 Å². The average molecular weight is 304 g/mol. The molecule has 0 saturated heterocycles. The Balaban J connectivity index is 2.22. The maximum atomic E-state index is 10.9. The van der Waals surface area contributed by atoms with Crippen molar-refractivity contribution in [2.45, 2.75) is 0 Å². The third kappa shape index (κ3) is 2.55. The van der Waals surface area contributed by atoms with Crippen LogP contribution in [0.25, 0.3) is 34.3 Å². The van der Waals surface area contributed by atoms with Crippen LogP contribution in [0.15, 0.2) is 43.5 Å². The summed E-state index contributed by atoms with van der Waals surface area (Å²) in [5.74, 6) is 0.507. The monoisotopic (exact) mass is 304 g/mol. The van der Waals surface area contributed by atoms with Crippen molar-refractivity contribution in [3.05, 3.63) is 60.3 Å². The summed E-state index contributed by atoms with van der Waals surface area (Å²) >= 11 is 0. The fourth-order valence-electron chi connectivity index (χ4n) is 2.57. The summed E-state index contributed by atoms with van der Waals surface area (Å²) < 4.78 is 5.41. The topological polar surface area (TPSA) is 55.0 Å². The van der Waals surface area contributed by atoms with Crippen molar-refractivity contribution in [3.8, 4) is 17.1 Å². The van der Waals surface area contributed by atoms with Gasteiger partial charge in [0.2, 0.25) is 5.88 Å². The Hall–Kier alpha value is -3.14. The first-order valence-corrected chi connectivity index (χ1v) is 7.12. The smallest absolute Gasteiger partial charge is 0.223 e. The quantitative estimate of drug-likeness (QED) is 0.713. The molecule has 0 saturated carbocycles. The molecule has 2 heterocycles. The third-order valence-electron chi connectivity index (χ3n) is 3.73. The lowest BCUT2D eigenvalue weighted by atomic mass is 10.1. The van der Waals surface area contributed by atoms with Crippen LogP contribution >= 0.6 is 0 Å². The fourth-order valence-corrected chi connectivity index (χ4v) is 2.57. The molecule has 0 aliphatic heterocycles. The molecule has 1 aromatic carbocycles. The number of nitrogens with one attached hydrogen (secondary N) is 1. The van der Waals surface area contributed by atoms with E-state index in [1.165, 1.54) is 0 Å². The number of H-pyrrole nitrogens is 1. The third-order valence-corrected chi connectivity index (χ3v) is 3.73. The molecule has 4 heteroatoms. The van der Waals surface area contributed by atoms with Gasteiger partial charge in [0, 0.05) is 22.0 Å². The van der Waals surface area contributed by atoms with E-state index < -0.39 is 0 Å². The molecule has 0 spiro atoms. The number of hydrogen-bond acceptors (Lipinski definition) is 3. The Kier molecular flexibility index (Phi) is 3.81. The molecular formula is C19H16N2O2. The number of carbonyl (C=O) groups excluding carboxylic acids is 1. The minimum atomic E-state index is 0.507. The van der Waals surface area contributed by atoms with Crippen LogP contribution in [0.2, 0.25) is 0 Å². The van der Waals surface area contributed by atoms with Crippen molar-refractivity contribution in [1.82, 2.24) is 9.97 Å². The van der Waals surface area contributed by atoms with Gasteiger partial charge in [0.25, 0.3) is 0 Å². The van der Waals surface area contributed by atoms with E-state index in [-0.39, 0.29) is 0 Å². The molecule has 114 valence electrons. The summed E-state index contributed by atoms with van der Waals surface area (Å²) in [5, 5.41) is 0.958. The molecule has 2 aromatic heterocycles. The molecule has 23 heavy (non-hydrogen) atoms. The zero-order chi connectivity index (χ0) is 16.4. The number of ether oxygens (including phenoxy) is 1. The van der Waals surface area contributed by atoms with Gasteiger partial charge in [0.15, 0.2) is 0 Å². The molecule has 0 fully saturated rings. The van der Waals surface area contributed by atoms with Crippen LogP contribution in [-0.2, 0) is 0 Å². The summed E-state index contributed by atoms with van der Waals surface area (Å²) in [6.07, 6.45) is 4.24. The number of aromatic amines is 1. The summed E-state index contributed by atoms with van der Waals surface area (Å²) in [7, 11) is 1.58. The van der Waals surface area contributed by atoms with Gasteiger partial charge in [-0.1, -0.05) is 19.2 Å². The molecular weight excluding hydrogens is 288 g/mol. The van der Waals surface area contributed by atoms with Gasteiger partial charge in [0.1, 0.15) is 6.29 Å². The first-order chi connectivity index (χ1) is 11.2. The van der Waals surface area contributed by atoms with Crippen LogP contribution in [0, 0.1) is 0 Å². The van der Waals surface area contributed by atoms with Gasteiger partial charge in [-0.25, -0.2) is 4.98 Å².